The van der Waals surface area contributed by atoms with Crippen molar-refractivity contribution in [3.8, 4) is 11.3 Å². The molecular weight excluding hydrogens is 397 g/mol. The van der Waals surface area contributed by atoms with E-state index in [1.165, 1.54) is 6.20 Å². The van der Waals surface area contributed by atoms with Crippen LogP contribution in [0.15, 0.2) is 24.8 Å². The maximum atomic E-state index is 15.3. The van der Waals surface area contributed by atoms with E-state index in [1.54, 1.807) is 23.0 Å². The van der Waals surface area contributed by atoms with E-state index in [4.69, 9.17) is 11.6 Å². The van der Waals surface area contributed by atoms with E-state index in [-0.39, 0.29) is 11.1 Å². The molecule has 10 heteroatoms. The number of H-pyrrole nitrogens is 1. The first-order valence-corrected chi connectivity index (χ1v) is 9.69. The zero-order valence-electron chi connectivity index (χ0n) is 15.2. The predicted molar refractivity (Wildman–Crippen MR) is 109 cm³/mol. The Kier molecular flexibility index (Phi) is 4.31. The maximum Gasteiger partial charge on any atom is 0.212 e. The van der Waals surface area contributed by atoms with E-state index in [1.807, 2.05) is 0 Å². The first-order valence-electron chi connectivity index (χ1n) is 9.31. The fraction of sp³-hybridized carbons (Fsp3) is 0.263. The quantitative estimate of drug-likeness (QED) is 0.429. The number of imidazole rings is 1. The highest BCUT2D eigenvalue weighted by atomic mass is 35.5. The minimum Gasteiger partial charge on any atom is -0.378 e. The van der Waals surface area contributed by atoms with Gasteiger partial charge in [-0.05, 0) is 12.8 Å². The molecule has 5 rings (SSSR count). The number of benzene rings is 1. The van der Waals surface area contributed by atoms with Gasteiger partial charge in [-0.3, -0.25) is 14.9 Å². The van der Waals surface area contributed by atoms with Gasteiger partial charge < -0.3 is 15.0 Å². The number of aromatic amines is 1. The molecule has 1 aliphatic carbocycles. The Balaban J connectivity index is 1.65. The number of carbonyl (C=O) groups excluding carboxylic acids is 1. The van der Waals surface area contributed by atoms with Crippen LogP contribution in [0, 0.1) is 5.82 Å². The third-order valence-corrected chi connectivity index (χ3v) is 5.65. The standard InChI is InChI=1S/C19H17ClFN7O/c20-16-15(12-7-28-8-13(23-9-29)26-14(28)6-22-12)11-5-24-27-18(11)19(17(16)21)25-10-3-1-2-4-10/h5-10,25H,1-4H2,(H,23,29)(H,24,27). The molecule has 0 bridgehead atoms. The summed E-state index contributed by atoms with van der Waals surface area (Å²) in [6.45, 7) is 0. The summed E-state index contributed by atoms with van der Waals surface area (Å²) in [5.41, 5.74) is 2.36. The van der Waals surface area contributed by atoms with E-state index in [2.05, 4.69) is 30.8 Å². The summed E-state index contributed by atoms with van der Waals surface area (Å²) in [5, 5.41) is 13.5. The van der Waals surface area contributed by atoms with E-state index < -0.39 is 5.82 Å². The molecule has 1 amide bonds. The number of carbonyl (C=O) groups is 1. The molecule has 8 nitrogen and oxygen atoms in total. The molecule has 3 heterocycles. The number of anilines is 2. The molecule has 0 unspecified atom stereocenters. The van der Waals surface area contributed by atoms with Crippen molar-refractivity contribution in [2.75, 3.05) is 10.6 Å². The van der Waals surface area contributed by atoms with E-state index in [0.29, 0.717) is 45.7 Å². The average molecular weight is 414 g/mol. The third kappa shape index (κ3) is 2.98. The molecule has 1 fully saturated rings. The van der Waals surface area contributed by atoms with Crippen LogP contribution in [0.2, 0.25) is 5.02 Å². The molecule has 29 heavy (non-hydrogen) atoms. The van der Waals surface area contributed by atoms with Gasteiger partial charge in [0, 0.05) is 23.2 Å². The minimum absolute atomic E-state index is 0.0161. The van der Waals surface area contributed by atoms with Crippen molar-refractivity contribution in [2.24, 2.45) is 0 Å². The highest BCUT2D eigenvalue weighted by Gasteiger charge is 2.25. The van der Waals surface area contributed by atoms with Gasteiger partial charge in [0.25, 0.3) is 0 Å². The van der Waals surface area contributed by atoms with E-state index >= 15 is 4.39 Å². The van der Waals surface area contributed by atoms with Crippen molar-refractivity contribution in [1.82, 2.24) is 24.6 Å². The molecule has 1 aliphatic rings. The van der Waals surface area contributed by atoms with Crippen LogP contribution in [0.3, 0.4) is 0 Å². The van der Waals surface area contributed by atoms with Crippen LogP contribution in [0.1, 0.15) is 25.7 Å². The van der Waals surface area contributed by atoms with Gasteiger partial charge in [0.05, 0.1) is 40.5 Å². The normalized spacial score (nSPS) is 14.7. The molecule has 0 aliphatic heterocycles. The molecule has 148 valence electrons. The number of halogens is 2. The van der Waals surface area contributed by atoms with Crippen LogP contribution in [-0.4, -0.2) is 37.0 Å². The van der Waals surface area contributed by atoms with Crippen LogP contribution >= 0.6 is 11.6 Å². The number of nitrogens with zero attached hydrogens (tertiary/aromatic N) is 4. The van der Waals surface area contributed by atoms with Crippen molar-refractivity contribution < 1.29 is 9.18 Å². The highest BCUT2D eigenvalue weighted by molar-refractivity contribution is 6.35. The molecule has 1 saturated carbocycles. The van der Waals surface area contributed by atoms with Crippen LogP contribution in [0.5, 0.6) is 0 Å². The van der Waals surface area contributed by atoms with Crippen LogP contribution in [-0.2, 0) is 4.79 Å². The Bertz CT molecular complexity index is 1230. The molecule has 3 N–H and O–H groups in total. The number of aromatic nitrogens is 5. The van der Waals surface area contributed by atoms with Gasteiger partial charge in [-0.1, -0.05) is 24.4 Å². The predicted octanol–water partition coefficient (Wildman–Crippen LogP) is 3.99. The fourth-order valence-electron chi connectivity index (χ4n) is 3.93. The zero-order chi connectivity index (χ0) is 20.0. The molecule has 0 atom stereocenters. The highest BCUT2D eigenvalue weighted by Crippen LogP contribution is 2.41. The lowest BCUT2D eigenvalue weighted by molar-refractivity contribution is -0.105. The minimum atomic E-state index is -0.527. The van der Waals surface area contributed by atoms with Crippen molar-refractivity contribution in [3.05, 3.63) is 35.6 Å². The Morgan fingerprint density at radius 1 is 1.28 bits per heavy atom. The summed E-state index contributed by atoms with van der Waals surface area (Å²) in [6, 6.07) is 0.224. The van der Waals surface area contributed by atoms with Gasteiger partial charge in [0.2, 0.25) is 6.41 Å². The van der Waals surface area contributed by atoms with Crippen molar-refractivity contribution in [2.45, 2.75) is 31.7 Å². The fourth-order valence-corrected chi connectivity index (χ4v) is 4.23. The molecule has 1 aromatic carbocycles. The van der Waals surface area contributed by atoms with Crippen molar-refractivity contribution in [1.29, 1.82) is 0 Å². The lowest BCUT2D eigenvalue weighted by Crippen LogP contribution is -2.16. The largest absolute Gasteiger partial charge is 0.378 e. The van der Waals surface area contributed by atoms with Crippen molar-refractivity contribution in [3.63, 3.8) is 0 Å². The van der Waals surface area contributed by atoms with Crippen LogP contribution in [0.4, 0.5) is 15.9 Å². The van der Waals surface area contributed by atoms with Gasteiger partial charge in [-0.2, -0.15) is 5.10 Å². The maximum absolute atomic E-state index is 15.3. The number of rotatable bonds is 5. The molecular formula is C19H17ClFN7O. The molecule has 0 saturated heterocycles. The second-order valence-electron chi connectivity index (χ2n) is 7.09. The van der Waals surface area contributed by atoms with Crippen molar-refractivity contribution >= 4 is 46.1 Å². The Hall–Kier alpha value is -3.20. The zero-order valence-corrected chi connectivity index (χ0v) is 16.0. The number of fused-ring (bicyclic) bond motifs is 2. The first-order chi connectivity index (χ1) is 14.2. The number of nitrogens with one attached hydrogen (secondary N) is 3. The third-order valence-electron chi connectivity index (χ3n) is 5.30. The van der Waals surface area contributed by atoms with E-state index in [0.717, 1.165) is 25.7 Å². The number of amides is 1. The monoisotopic (exact) mass is 413 g/mol. The van der Waals surface area contributed by atoms with Crippen LogP contribution < -0.4 is 10.6 Å². The second kappa shape index (κ2) is 7.00. The topological polar surface area (TPSA) is 100 Å². The SMILES string of the molecule is O=CNc1cn2cc(-c3c(Cl)c(F)c(NC4CCCC4)c4[nH]ncc34)ncc2n1. The lowest BCUT2D eigenvalue weighted by atomic mass is 10.0. The Morgan fingerprint density at radius 2 is 2.10 bits per heavy atom. The number of hydrogen-bond donors (Lipinski definition) is 3. The first kappa shape index (κ1) is 17.9. The smallest absolute Gasteiger partial charge is 0.212 e. The van der Waals surface area contributed by atoms with Gasteiger partial charge in [0.15, 0.2) is 17.3 Å². The van der Waals surface area contributed by atoms with Crippen LogP contribution in [0.25, 0.3) is 27.8 Å². The second-order valence-corrected chi connectivity index (χ2v) is 7.47. The summed E-state index contributed by atoms with van der Waals surface area (Å²) in [6.07, 6.45) is 11.3. The van der Waals surface area contributed by atoms with Gasteiger partial charge in [-0.15, -0.1) is 0 Å². The molecule has 0 radical (unpaired) electrons. The summed E-state index contributed by atoms with van der Waals surface area (Å²) < 4.78 is 17.0. The summed E-state index contributed by atoms with van der Waals surface area (Å²) in [7, 11) is 0. The number of hydrogen-bond acceptors (Lipinski definition) is 5. The van der Waals surface area contributed by atoms with Gasteiger partial charge >= 0.3 is 0 Å². The summed E-state index contributed by atoms with van der Waals surface area (Å²) in [4.78, 5) is 19.3. The Labute approximate surface area is 169 Å². The average Bonchev–Trinajstić information content (AvgIpc) is 3.46. The molecule has 0 spiro atoms. The molecule has 4 aromatic rings. The Morgan fingerprint density at radius 3 is 2.90 bits per heavy atom. The van der Waals surface area contributed by atoms with E-state index in [9.17, 15) is 4.79 Å². The molecule has 3 aromatic heterocycles. The van der Waals surface area contributed by atoms with Gasteiger partial charge in [-0.25, -0.2) is 9.37 Å². The summed E-state index contributed by atoms with van der Waals surface area (Å²) in [5.74, 6) is -0.137. The lowest BCUT2D eigenvalue weighted by Gasteiger charge is -2.17. The van der Waals surface area contributed by atoms with Gasteiger partial charge in [0.1, 0.15) is 0 Å². The summed E-state index contributed by atoms with van der Waals surface area (Å²) >= 11 is 6.48.